The average Bonchev–Trinajstić information content (AvgIpc) is 2.79. The summed E-state index contributed by atoms with van der Waals surface area (Å²) in [6, 6.07) is 8.90. The number of aromatic nitrogens is 4. The normalized spacial score (nSPS) is 14.2. The molecule has 4 aromatic heterocycles. The summed E-state index contributed by atoms with van der Waals surface area (Å²) in [5, 5.41) is 0.916. The molecule has 0 aromatic carbocycles. The van der Waals surface area contributed by atoms with Crippen molar-refractivity contribution in [3.63, 3.8) is 0 Å². The molecule has 0 saturated carbocycles. The molecule has 4 heterocycles. The van der Waals surface area contributed by atoms with Gasteiger partial charge in [0.15, 0.2) is 0 Å². The molecule has 0 amide bonds. The number of allylic oxidation sites excluding steroid dienone is 2. The number of rotatable bonds is 4. The number of fused-ring (bicyclic) bond motifs is 2. The summed E-state index contributed by atoms with van der Waals surface area (Å²) < 4.78 is 3.28. The quantitative estimate of drug-likeness (QED) is 0.385. The fourth-order valence-corrected chi connectivity index (χ4v) is 4.14. The zero-order valence-corrected chi connectivity index (χ0v) is 16.6. The highest BCUT2D eigenvalue weighted by Gasteiger charge is 2.11. The van der Waals surface area contributed by atoms with Crippen molar-refractivity contribution in [2.75, 3.05) is 0 Å². The van der Waals surface area contributed by atoms with E-state index in [0.29, 0.717) is 28.4 Å². The van der Waals surface area contributed by atoms with E-state index in [1.165, 1.54) is 18.4 Å². The van der Waals surface area contributed by atoms with Gasteiger partial charge in [-0.25, -0.2) is 4.98 Å². The molecule has 6 nitrogen and oxygen atoms in total. The molecule has 0 spiro atoms. The van der Waals surface area contributed by atoms with Crippen LogP contribution in [-0.2, 0) is 6.54 Å². The third kappa shape index (κ3) is 3.34. The molecule has 0 aliphatic heterocycles. The summed E-state index contributed by atoms with van der Waals surface area (Å²) in [4.78, 5) is 34.8. The fourth-order valence-electron chi connectivity index (χ4n) is 4.14. The molecule has 5 rings (SSSR count). The third-order valence-corrected chi connectivity index (χ3v) is 5.82. The zero-order chi connectivity index (χ0) is 20.5. The van der Waals surface area contributed by atoms with Crippen LogP contribution in [0.3, 0.4) is 0 Å². The first kappa shape index (κ1) is 18.5. The monoisotopic (exact) mass is 398 g/mol. The fraction of sp³-hybridized carbons (Fsp3) is 0.250. The Bertz CT molecular complexity index is 1380. The SMILES string of the molecule is O=c1c2cc3c(=O)n(-c4ccncc4)ccc3nc2ccn1CCC1=CCCCC1. The van der Waals surface area contributed by atoms with Gasteiger partial charge in [-0.15, -0.1) is 0 Å². The Morgan fingerprint density at radius 1 is 0.900 bits per heavy atom. The van der Waals surface area contributed by atoms with Crippen molar-refractivity contribution in [2.45, 2.75) is 38.6 Å². The summed E-state index contributed by atoms with van der Waals surface area (Å²) in [5.74, 6) is 0. The van der Waals surface area contributed by atoms with E-state index in [4.69, 9.17) is 0 Å². The van der Waals surface area contributed by atoms with Gasteiger partial charge in [0.05, 0.1) is 27.5 Å². The Labute approximate surface area is 173 Å². The highest BCUT2D eigenvalue weighted by molar-refractivity contribution is 5.91. The van der Waals surface area contributed by atoms with Gasteiger partial charge in [0.25, 0.3) is 11.1 Å². The van der Waals surface area contributed by atoms with Gasteiger partial charge in [-0.3, -0.25) is 19.1 Å². The maximum absolute atomic E-state index is 13.1. The Morgan fingerprint density at radius 3 is 2.43 bits per heavy atom. The molecule has 1 aliphatic rings. The second-order valence-electron chi connectivity index (χ2n) is 7.72. The maximum Gasteiger partial charge on any atom is 0.264 e. The smallest absolute Gasteiger partial charge is 0.264 e. The molecular formula is C24H22N4O2. The van der Waals surface area contributed by atoms with E-state index in [9.17, 15) is 9.59 Å². The first-order valence-corrected chi connectivity index (χ1v) is 10.3. The van der Waals surface area contributed by atoms with Gasteiger partial charge < -0.3 is 4.57 Å². The predicted octanol–water partition coefficient (Wildman–Crippen LogP) is 3.99. The minimum Gasteiger partial charge on any atom is -0.315 e. The van der Waals surface area contributed by atoms with Gasteiger partial charge in [0, 0.05) is 31.3 Å². The molecule has 0 N–H and O–H groups in total. The minimum absolute atomic E-state index is 0.1000. The van der Waals surface area contributed by atoms with Gasteiger partial charge in [0.1, 0.15) is 0 Å². The number of hydrogen-bond donors (Lipinski definition) is 0. The Morgan fingerprint density at radius 2 is 1.67 bits per heavy atom. The summed E-state index contributed by atoms with van der Waals surface area (Å²) in [7, 11) is 0. The van der Waals surface area contributed by atoms with Crippen molar-refractivity contribution in [1.29, 1.82) is 0 Å². The van der Waals surface area contributed by atoms with E-state index in [1.54, 1.807) is 52.0 Å². The molecule has 0 fully saturated rings. The second kappa shape index (κ2) is 7.71. The lowest BCUT2D eigenvalue weighted by Gasteiger charge is -2.14. The van der Waals surface area contributed by atoms with Crippen LogP contribution in [-0.4, -0.2) is 19.1 Å². The number of pyridine rings is 4. The van der Waals surface area contributed by atoms with Crippen LogP contribution < -0.4 is 11.1 Å². The van der Waals surface area contributed by atoms with Crippen molar-refractivity contribution in [3.8, 4) is 5.69 Å². The van der Waals surface area contributed by atoms with Crippen molar-refractivity contribution in [2.24, 2.45) is 0 Å². The van der Waals surface area contributed by atoms with Gasteiger partial charge in [0.2, 0.25) is 0 Å². The molecule has 30 heavy (non-hydrogen) atoms. The van der Waals surface area contributed by atoms with E-state index in [0.717, 1.165) is 24.9 Å². The number of hydrogen-bond acceptors (Lipinski definition) is 4. The van der Waals surface area contributed by atoms with Gasteiger partial charge in [-0.05, 0) is 62.4 Å². The lowest BCUT2D eigenvalue weighted by Crippen LogP contribution is -2.22. The van der Waals surface area contributed by atoms with Crippen LogP contribution in [0.1, 0.15) is 32.1 Å². The molecule has 0 unspecified atom stereocenters. The Kier molecular flexibility index (Phi) is 4.75. The molecular weight excluding hydrogens is 376 g/mol. The summed E-state index contributed by atoms with van der Waals surface area (Å²) in [5.41, 5.74) is 3.06. The van der Waals surface area contributed by atoms with E-state index < -0.39 is 0 Å². The van der Waals surface area contributed by atoms with E-state index >= 15 is 0 Å². The molecule has 1 aliphatic carbocycles. The predicted molar refractivity (Wildman–Crippen MR) is 118 cm³/mol. The zero-order valence-electron chi connectivity index (χ0n) is 16.6. The number of nitrogens with zero attached hydrogens (tertiary/aromatic N) is 4. The number of aryl methyl sites for hydroxylation is 1. The van der Waals surface area contributed by atoms with E-state index in [2.05, 4.69) is 16.0 Å². The molecule has 0 bridgehead atoms. The van der Waals surface area contributed by atoms with Gasteiger partial charge in [-0.1, -0.05) is 11.6 Å². The highest BCUT2D eigenvalue weighted by atomic mass is 16.1. The van der Waals surface area contributed by atoms with E-state index in [-0.39, 0.29) is 11.1 Å². The van der Waals surface area contributed by atoms with Crippen LogP contribution in [0, 0.1) is 0 Å². The summed E-state index contributed by atoms with van der Waals surface area (Å²) in [6.07, 6.45) is 14.8. The van der Waals surface area contributed by atoms with Gasteiger partial charge in [-0.2, -0.15) is 0 Å². The Balaban J connectivity index is 1.58. The van der Waals surface area contributed by atoms with Gasteiger partial charge >= 0.3 is 0 Å². The first-order chi connectivity index (χ1) is 14.7. The van der Waals surface area contributed by atoms with E-state index in [1.807, 2.05) is 12.3 Å². The molecule has 4 aromatic rings. The largest absolute Gasteiger partial charge is 0.315 e. The topological polar surface area (TPSA) is 69.8 Å². The highest BCUT2D eigenvalue weighted by Crippen LogP contribution is 2.21. The molecule has 6 heteroatoms. The van der Waals surface area contributed by atoms with Crippen LogP contribution in [0.4, 0.5) is 0 Å². The summed E-state index contributed by atoms with van der Waals surface area (Å²) >= 11 is 0. The van der Waals surface area contributed by atoms with Crippen LogP contribution >= 0.6 is 0 Å². The standard InChI is InChI=1S/C24H22N4O2/c29-23-19-16-20-22(10-15-28(24(20)30)18-6-11-25-12-7-18)26-21(19)9-14-27(23)13-8-17-4-2-1-3-5-17/h4,6-7,9-12,14-16H,1-3,5,8,13H2. The third-order valence-electron chi connectivity index (χ3n) is 5.82. The lowest BCUT2D eigenvalue weighted by atomic mass is 9.97. The average molecular weight is 398 g/mol. The van der Waals surface area contributed by atoms with Crippen molar-refractivity contribution in [1.82, 2.24) is 19.1 Å². The summed E-state index contributed by atoms with van der Waals surface area (Å²) in [6.45, 7) is 0.648. The molecule has 0 saturated heterocycles. The van der Waals surface area contributed by atoms with Crippen LogP contribution in [0.25, 0.3) is 27.5 Å². The van der Waals surface area contributed by atoms with Crippen LogP contribution in [0.5, 0.6) is 0 Å². The minimum atomic E-state index is -0.199. The molecule has 150 valence electrons. The molecule has 0 radical (unpaired) electrons. The maximum atomic E-state index is 13.1. The first-order valence-electron chi connectivity index (χ1n) is 10.3. The van der Waals surface area contributed by atoms with Crippen LogP contribution in [0.2, 0.25) is 0 Å². The lowest BCUT2D eigenvalue weighted by molar-refractivity contribution is 0.616. The van der Waals surface area contributed by atoms with Crippen molar-refractivity contribution >= 4 is 21.8 Å². The second-order valence-corrected chi connectivity index (χ2v) is 7.72. The van der Waals surface area contributed by atoms with Crippen LogP contribution in [0.15, 0.2) is 76.4 Å². The van der Waals surface area contributed by atoms with Crippen molar-refractivity contribution < 1.29 is 0 Å². The molecule has 0 atom stereocenters. The Hall–Kier alpha value is -3.54. The van der Waals surface area contributed by atoms with Crippen molar-refractivity contribution in [3.05, 3.63) is 87.5 Å².